The molecule has 0 fully saturated rings. The number of hydrogen-bond acceptors (Lipinski definition) is 3. The molecule has 0 heterocycles. The molecule has 1 rings (SSSR count). The Morgan fingerprint density at radius 3 is 2.60 bits per heavy atom. The molecule has 0 aliphatic rings. The van der Waals surface area contributed by atoms with Gasteiger partial charge in [-0.15, -0.1) is 0 Å². The quantitative estimate of drug-likeness (QED) is 0.768. The van der Waals surface area contributed by atoms with E-state index in [1.54, 1.807) is 0 Å². The second-order valence-electron chi connectivity index (χ2n) is 3.68. The van der Waals surface area contributed by atoms with E-state index in [1.165, 1.54) is 0 Å². The molecule has 15 heavy (non-hydrogen) atoms. The van der Waals surface area contributed by atoms with Crippen LogP contribution in [0.5, 0.6) is 5.75 Å². The molecule has 3 nitrogen and oxygen atoms in total. The molecule has 1 aromatic rings. The lowest BCUT2D eigenvalue weighted by Gasteiger charge is -2.23. The van der Waals surface area contributed by atoms with Gasteiger partial charge < -0.3 is 9.84 Å². The summed E-state index contributed by atoms with van der Waals surface area (Å²) in [5.74, 6) is 0.891. The molecular weight excluding hydrogens is 190 g/mol. The highest BCUT2D eigenvalue weighted by Gasteiger charge is 2.08. The van der Waals surface area contributed by atoms with Gasteiger partial charge >= 0.3 is 0 Å². The molecule has 0 saturated carbocycles. The van der Waals surface area contributed by atoms with E-state index in [0.717, 1.165) is 5.75 Å². The molecule has 0 aliphatic carbocycles. The number of hydrogen-bond donors (Lipinski definition) is 1. The molecule has 0 saturated heterocycles. The van der Waals surface area contributed by atoms with E-state index in [2.05, 4.69) is 11.8 Å². The standard InChI is InChI=1S/C12H19NO2/c1-11(13(2)8-9-14)10-15-12-6-4-3-5-7-12/h3-7,11,14H,8-10H2,1-2H3. The van der Waals surface area contributed by atoms with Crippen molar-refractivity contribution in [2.45, 2.75) is 13.0 Å². The summed E-state index contributed by atoms with van der Waals surface area (Å²) in [6.45, 7) is 3.59. The minimum absolute atomic E-state index is 0.187. The Balaban J connectivity index is 2.31. The van der Waals surface area contributed by atoms with Gasteiger partial charge in [0.15, 0.2) is 0 Å². The molecule has 1 unspecified atom stereocenters. The van der Waals surface area contributed by atoms with E-state index in [0.29, 0.717) is 19.2 Å². The first-order chi connectivity index (χ1) is 7.24. The molecule has 0 amide bonds. The van der Waals surface area contributed by atoms with Gasteiger partial charge in [-0.2, -0.15) is 0 Å². The molecule has 3 heteroatoms. The van der Waals surface area contributed by atoms with E-state index in [9.17, 15) is 0 Å². The number of para-hydroxylation sites is 1. The van der Waals surface area contributed by atoms with Crippen molar-refractivity contribution >= 4 is 0 Å². The summed E-state index contributed by atoms with van der Waals surface area (Å²) >= 11 is 0. The summed E-state index contributed by atoms with van der Waals surface area (Å²) in [5, 5.41) is 8.79. The minimum atomic E-state index is 0.187. The van der Waals surface area contributed by atoms with Crippen LogP contribution in [0.3, 0.4) is 0 Å². The number of nitrogens with zero attached hydrogens (tertiary/aromatic N) is 1. The summed E-state index contributed by atoms with van der Waals surface area (Å²) in [6.07, 6.45) is 0. The smallest absolute Gasteiger partial charge is 0.119 e. The average molecular weight is 209 g/mol. The molecule has 0 aromatic heterocycles. The van der Waals surface area contributed by atoms with Gasteiger partial charge in [0.1, 0.15) is 12.4 Å². The summed E-state index contributed by atoms with van der Waals surface area (Å²) in [6, 6.07) is 10.1. The average Bonchev–Trinajstić information content (AvgIpc) is 2.27. The fraction of sp³-hybridized carbons (Fsp3) is 0.500. The molecular formula is C12H19NO2. The van der Waals surface area contributed by atoms with Crippen LogP contribution in [0.25, 0.3) is 0 Å². The van der Waals surface area contributed by atoms with Crippen LogP contribution in [-0.4, -0.2) is 42.9 Å². The van der Waals surface area contributed by atoms with E-state index in [1.807, 2.05) is 37.4 Å². The van der Waals surface area contributed by atoms with Crippen LogP contribution >= 0.6 is 0 Å². The van der Waals surface area contributed by atoms with Crippen LogP contribution in [0.1, 0.15) is 6.92 Å². The molecule has 1 N–H and O–H groups in total. The molecule has 84 valence electrons. The number of aliphatic hydroxyl groups excluding tert-OH is 1. The zero-order chi connectivity index (χ0) is 11.1. The lowest BCUT2D eigenvalue weighted by molar-refractivity contribution is 0.144. The number of benzene rings is 1. The van der Waals surface area contributed by atoms with Gasteiger partial charge in [0, 0.05) is 12.6 Å². The van der Waals surface area contributed by atoms with Gasteiger partial charge in [-0.05, 0) is 26.1 Å². The van der Waals surface area contributed by atoms with Crippen LogP contribution in [0.2, 0.25) is 0 Å². The fourth-order valence-corrected chi connectivity index (χ4v) is 1.24. The van der Waals surface area contributed by atoms with Crippen LogP contribution in [0.15, 0.2) is 30.3 Å². The van der Waals surface area contributed by atoms with Crippen LogP contribution in [-0.2, 0) is 0 Å². The van der Waals surface area contributed by atoms with Crippen molar-refractivity contribution in [3.63, 3.8) is 0 Å². The minimum Gasteiger partial charge on any atom is -0.492 e. The van der Waals surface area contributed by atoms with Gasteiger partial charge in [0.05, 0.1) is 6.61 Å². The molecule has 1 aromatic carbocycles. The van der Waals surface area contributed by atoms with Crippen molar-refractivity contribution in [2.75, 3.05) is 26.8 Å². The van der Waals surface area contributed by atoms with Crippen molar-refractivity contribution in [1.82, 2.24) is 4.90 Å². The Morgan fingerprint density at radius 1 is 1.33 bits per heavy atom. The van der Waals surface area contributed by atoms with Crippen LogP contribution < -0.4 is 4.74 Å². The van der Waals surface area contributed by atoms with Crippen LogP contribution in [0, 0.1) is 0 Å². The topological polar surface area (TPSA) is 32.7 Å². The highest BCUT2D eigenvalue weighted by Crippen LogP contribution is 2.09. The second kappa shape index (κ2) is 6.43. The molecule has 0 spiro atoms. The number of likely N-dealkylation sites (N-methyl/N-ethyl adjacent to an activating group) is 1. The molecule has 1 atom stereocenters. The number of ether oxygens (including phenoxy) is 1. The monoisotopic (exact) mass is 209 g/mol. The Bertz CT molecular complexity index is 264. The summed E-state index contributed by atoms with van der Waals surface area (Å²) in [4.78, 5) is 2.07. The van der Waals surface area contributed by atoms with Gasteiger partial charge in [0.25, 0.3) is 0 Å². The van der Waals surface area contributed by atoms with Gasteiger partial charge in [-0.1, -0.05) is 18.2 Å². The Labute approximate surface area is 91.3 Å². The highest BCUT2D eigenvalue weighted by molar-refractivity contribution is 5.20. The van der Waals surface area contributed by atoms with E-state index < -0.39 is 0 Å². The zero-order valence-electron chi connectivity index (χ0n) is 9.39. The van der Waals surface area contributed by atoms with Crippen LogP contribution in [0.4, 0.5) is 0 Å². The van der Waals surface area contributed by atoms with Crippen molar-refractivity contribution in [3.05, 3.63) is 30.3 Å². The maximum absolute atomic E-state index is 8.79. The highest BCUT2D eigenvalue weighted by atomic mass is 16.5. The number of rotatable bonds is 6. The maximum Gasteiger partial charge on any atom is 0.119 e. The second-order valence-corrected chi connectivity index (χ2v) is 3.68. The first-order valence-corrected chi connectivity index (χ1v) is 5.23. The summed E-state index contributed by atoms with van der Waals surface area (Å²) in [5.41, 5.74) is 0. The van der Waals surface area contributed by atoms with E-state index in [4.69, 9.17) is 9.84 Å². The Hall–Kier alpha value is -1.06. The van der Waals surface area contributed by atoms with Gasteiger partial charge in [0.2, 0.25) is 0 Å². The first-order valence-electron chi connectivity index (χ1n) is 5.23. The third-order valence-corrected chi connectivity index (χ3v) is 2.44. The SMILES string of the molecule is CC(COc1ccccc1)N(C)CCO. The summed E-state index contributed by atoms with van der Waals surface area (Å²) < 4.78 is 5.61. The Morgan fingerprint density at radius 2 is 2.00 bits per heavy atom. The molecule has 0 bridgehead atoms. The lowest BCUT2D eigenvalue weighted by Crippen LogP contribution is -2.35. The molecule has 0 radical (unpaired) electrons. The predicted octanol–water partition coefficient (Wildman–Crippen LogP) is 1.38. The number of aliphatic hydroxyl groups is 1. The molecule has 0 aliphatic heterocycles. The largest absolute Gasteiger partial charge is 0.492 e. The van der Waals surface area contributed by atoms with Gasteiger partial charge in [-0.25, -0.2) is 0 Å². The lowest BCUT2D eigenvalue weighted by atomic mass is 10.3. The predicted molar refractivity (Wildman–Crippen MR) is 61.1 cm³/mol. The third-order valence-electron chi connectivity index (χ3n) is 2.44. The maximum atomic E-state index is 8.79. The normalized spacial score (nSPS) is 12.8. The van der Waals surface area contributed by atoms with Crippen molar-refractivity contribution in [2.24, 2.45) is 0 Å². The van der Waals surface area contributed by atoms with Crippen molar-refractivity contribution < 1.29 is 9.84 Å². The van der Waals surface area contributed by atoms with E-state index in [-0.39, 0.29) is 6.61 Å². The van der Waals surface area contributed by atoms with Crippen molar-refractivity contribution in [3.8, 4) is 5.75 Å². The zero-order valence-corrected chi connectivity index (χ0v) is 9.39. The first kappa shape index (κ1) is 12.0. The van der Waals surface area contributed by atoms with Gasteiger partial charge in [-0.3, -0.25) is 4.90 Å². The van der Waals surface area contributed by atoms with Crippen molar-refractivity contribution in [1.29, 1.82) is 0 Å². The van der Waals surface area contributed by atoms with E-state index >= 15 is 0 Å². The Kier molecular flexibility index (Phi) is 5.15. The third kappa shape index (κ3) is 4.32. The fourth-order valence-electron chi connectivity index (χ4n) is 1.24. The summed E-state index contributed by atoms with van der Waals surface area (Å²) in [7, 11) is 1.98.